The second kappa shape index (κ2) is 6.76. The Hall–Kier alpha value is -2.33. The van der Waals surface area contributed by atoms with E-state index < -0.39 is 41.0 Å². The monoisotopic (exact) mass is 430 g/mol. The first kappa shape index (κ1) is 18.5. The first-order valence-corrected chi connectivity index (χ1v) is 8.03. The highest BCUT2D eigenvalue weighted by Gasteiger charge is 2.57. The van der Waals surface area contributed by atoms with E-state index in [0.717, 1.165) is 41.6 Å². The number of rotatable bonds is 5. The second-order valence-corrected chi connectivity index (χ2v) is 6.47. The van der Waals surface area contributed by atoms with E-state index in [0.29, 0.717) is 10.5 Å². The summed E-state index contributed by atoms with van der Waals surface area (Å²) in [5.74, 6) is -6.28. The number of alkyl halides is 2. The van der Waals surface area contributed by atoms with Gasteiger partial charge in [0.2, 0.25) is 0 Å². The molecule has 0 aliphatic rings. The molecule has 3 rings (SSSR count). The van der Waals surface area contributed by atoms with E-state index in [4.69, 9.17) is 0 Å². The number of aromatic nitrogens is 4. The zero-order valence-corrected chi connectivity index (χ0v) is 14.5. The van der Waals surface area contributed by atoms with Crippen molar-refractivity contribution in [1.29, 1.82) is 0 Å². The summed E-state index contributed by atoms with van der Waals surface area (Å²) in [5.41, 5.74) is -4.63. The van der Waals surface area contributed by atoms with Gasteiger partial charge in [0.15, 0.2) is 5.60 Å². The Morgan fingerprint density at radius 2 is 1.77 bits per heavy atom. The zero-order valence-electron chi connectivity index (χ0n) is 13.0. The molecule has 0 aliphatic carbocycles. The van der Waals surface area contributed by atoms with Crippen molar-refractivity contribution in [3.63, 3.8) is 0 Å². The normalized spacial score (nSPS) is 14.2. The fraction of sp³-hybridized carbons (Fsp3) is 0.188. The molecule has 1 atom stereocenters. The van der Waals surface area contributed by atoms with E-state index in [-0.39, 0.29) is 0 Å². The predicted octanol–water partition coefficient (Wildman–Crippen LogP) is 3.39. The Balaban J connectivity index is 2.17. The highest BCUT2D eigenvalue weighted by molar-refractivity contribution is 9.10. The SMILES string of the molecule is OC(Cn1cnnc1)(c1ccc(F)cc1F)C(F)(F)c1ccc(Br)cn1. The molecule has 0 aliphatic heterocycles. The molecule has 1 aromatic carbocycles. The van der Waals surface area contributed by atoms with Gasteiger partial charge in [-0.15, -0.1) is 10.2 Å². The van der Waals surface area contributed by atoms with Crippen molar-refractivity contribution in [3.05, 3.63) is 76.5 Å². The molecule has 1 N–H and O–H groups in total. The molecule has 0 amide bonds. The van der Waals surface area contributed by atoms with Gasteiger partial charge < -0.3 is 9.67 Å². The highest BCUT2D eigenvalue weighted by atomic mass is 79.9. The summed E-state index contributed by atoms with van der Waals surface area (Å²) in [6, 6.07) is 4.32. The van der Waals surface area contributed by atoms with Crippen molar-refractivity contribution in [1.82, 2.24) is 19.7 Å². The van der Waals surface area contributed by atoms with E-state index in [2.05, 4.69) is 31.1 Å². The number of benzene rings is 1. The van der Waals surface area contributed by atoms with Crippen LogP contribution in [0.25, 0.3) is 0 Å². The number of aliphatic hydroxyl groups is 1. The molecule has 2 aromatic heterocycles. The number of nitrogens with zero attached hydrogens (tertiary/aromatic N) is 4. The summed E-state index contributed by atoms with van der Waals surface area (Å²) in [5, 5.41) is 17.9. The summed E-state index contributed by atoms with van der Waals surface area (Å²) in [7, 11) is 0. The Morgan fingerprint density at radius 1 is 1.08 bits per heavy atom. The smallest absolute Gasteiger partial charge is 0.323 e. The van der Waals surface area contributed by atoms with Crippen LogP contribution in [-0.4, -0.2) is 24.9 Å². The second-order valence-electron chi connectivity index (χ2n) is 5.55. The van der Waals surface area contributed by atoms with Crippen molar-refractivity contribution in [2.45, 2.75) is 18.1 Å². The van der Waals surface area contributed by atoms with Crippen molar-refractivity contribution in [3.8, 4) is 0 Å². The third-order valence-corrected chi connectivity index (χ3v) is 4.29. The summed E-state index contributed by atoms with van der Waals surface area (Å²) in [4.78, 5) is 3.62. The minimum atomic E-state index is -4.02. The molecule has 0 saturated heterocycles. The first-order valence-electron chi connectivity index (χ1n) is 7.24. The van der Waals surface area contributed by atoms with Gasteiger partial charge >= 0.3 is 5.92 Å². The van der Waals surface area contributed by atoms with Gasteiger partial charge in [0.05, 0.1) is 6.54 Å². The Morgan fingerprint density at radius 3 is 2.35 bits per heavy atom. The van der Waals surface area contributed by atoms with Crippen molar-refractivity contribution >= 4 is 15.9 Å². The Labute approximate surface area is 153 Å². The molecule has 1 unspecified atom stereocenters. The van der Waals surface area contributed by atoms with Crippen LogP contribution in [-0.2, 0) is 18.1 Å². The fourth-order valence-corrected chi connectivity index (χ4v) is 2.75. The zero-order chi connectivity index (χ0) is 18.9. The van der Waals surface area contributed by atoms with Gasteiger partial charge in [0, 0.05) is 22.3 Å². The molecule has 0 bridgehead atoms. The lowest BCUT2D eigenvalue weighted by Crippen LogP contribution is -2.47. The quantitative estimate of drug-likeness (QED) is 0.630. The van der Waals surface area contributed by atoms with Crippen molar-refractivity contribution < 1.29 is 22.7 Å². The van der Waals surface area contributed by atoms with Crippen LogP contribution >= 0.6 is 15.9 Å². The number of hydrogen-bond donors (Lipinski definition) is 1. The van der Waals surface area contributed by atoms with Crippen molar-refractivity contribution in [2.75, 3.05) is 0 Å². The predicted molar refractivity (Wildman–Crippen MR) is 86.1 cm³/mol. The standard InChI is InChI=1S/C16H11BrF4N4O/c17-10-1-4-14(22-6-10)16(20,21)15(26,7-25-8-23-24-9-25)12-3-2-11(18)5-13(12)19/h1-6,8-9,26H,7H2. The van der Waals surface area contributed by atoms with Crippen LogP contribution in [0.1, 0.15) is 11.3 Å². The molecule has 5 nitrogen and oxygen atoms in total. The van der Waals surface area contributed by atoms with Crippen LogP contribution < -0.4 is 0 Å². The molecule has 0 fully saturated rings. The van der Waals surface area contributed by atoms with Crippen LogP contribution in [0.5, 0.6) is 0 Å². The molecule has 3 aromatic rings. The van der Waals surface area contributed by atoms with E-state index in [1.54, 1.807) is 0 Å². The molecule has 0 spiro atoms. The van der Waals surface area contributed by atoms with E-state index in [9.17, 15) is 13.9 Å². The average molecular weight is 431 g/mol. The van der Waals surface area contributed by atoms with Gasteiger partial charge in [-0.3, -0.25) is 4.98 Å². The molecule has 0 saturated carbocycles. The summed E-state index contributed by atoms with van der Waals surface area (Å²) < 4.78 is 59.5. The van der Waals surface area contributed by atoms with Crippen LogP contribution in [0.2, 0.25) is 0 Å². The minimum absolute atomic E-state index is 0.428. The molecule has 2 heterocycles. The summed E-state index contributed by atoms with van der Waals surface area (Å²) in [6.07, 6.45) is 3.32. The van der Waals surface area contributed by atoms with Gasteiger partial charge in [0.1, 0.15) is 30.0 Å². The Bertz CT molecular complexity index is 905. The molecule has 136 valence electrons. The molecular weight excluding hydrogens is 420 g/mol. The average Bonchev–Trinajstić information content (AvgIpc) is 3.07. The lowest BCUT2D eigenvalue weighted by Gasteiger charge is -2.36. The van der Waals surface area contributed by atoms with Crippen molar-refractivity contribution in [2.24, 2.45) is 0 Å². The maximum absolute atomic E-state index is 15.3. The number of halogens is 5. The van der Waals surface area contributed by atoms with Gasteiger partial charge in [-0.2, -0.15) is 8.78 Å². The molecule has 26 heavy (non-hydrogen) atoms. The van der Waals surface area contributed by atoms with Crippen LogP contribution in [0.3, 0.4) is 0 Å². The van der Waals surface area contributed by atoms with E-state index >= 15 is 8.78 Å². The van der Waals surface area contributed by atoms with E-state index in [1.165, 1.54) is 6.07 Å². The third kappa shape index (κ3) is 3.21. The van der Waals surface area contributed by atoms with Gasteiger partial charge in [-0.25, -0.2) is 8.78 Å². The van der Waals surface area contributed by atoms with Crippen LogP contribution in [0.4, 0.5) is 17.6 Å². The van der Waals surface area contributed by atoms with Gasteiger partial charge in [-0.05, 0) is 40.2 Å². The minimum Gasteiger partial charge on any atom is -0.377 e. The lowest BCUT2D eigenvalue weighted by atomic mass is 9.84. The highest BCUT2D eigenvalue weighted by Crippen LogP contribution is 2.46. The van der Waals surface area contributed by atoms with E-state index in [1.807, 2.05) is 0 Å². The molecule has 0 radical (unpaired) electrons. The Kier molecular flexibility index (Phi) is 4.80. The topological polar surface area (TPSA) is 63.8 Å². The summed E-state index contributed by atoms with van der Waals surface area (Å²) >= 11 is 3.08. The third-order valence-electron chi connectivity index (χ3n) is 3.82. The van der Waals surface area contributed by atoms with Crippen LogP contribution in [0.15, 0.2) is 53.7 Å². The number of hydrogen-bond acceptors (Lipinski definition) is 4. The lowest BCUT2D eigenvalue weighted by molar-refractivity contribution is -0.206. The first-order chi connectivity index (χ1) is 12.2. The summed E-state index contributed by atoms with van der Waals surface area (Å²) in [6.45, 7) is -0.784. The largest absolute Gasteiger partial charge is 0.377 e. The number of pyridine rings is 1. The van der Waals surface area contributed by atoms with Crippen LogP contribution in [0, 0.1) is 11.6 Å². The molecular formula is C16H11BrF4N4O. The van der Waals surface area contributed by atoms with Gasteiger partial charge in [0.25, 0.3) is 0 Å². The maximum Gasteiger partial charge on any atom is 0.323 e. The maximum atomic E-state index is 15.3. The molecule has 10 heteroatoms. The van der Waals surface area contributed by atoms with Gasteiger partial charge in [-0.1, -0.05) is 0 Å². The fourth-order valence-electron chi connectivity index (χ4n) is 2.52.